The van der Waals surface area contributed by atoms with Crippen molar-refractivity contribution in [2.45, 2.75) is 12.8 Å². The van der Waals surface area contributed by atoms with Gasteiger partial charge in [0.1, 0.15) is 5.75 Å². The van der Waals surface area contributed by atoms with Crippen LogP contribution in [0.15, 0.2) is 42.5 Å². The molecular formula is C18H20N2O. The van der Waals surface area contributed by atoms with Crippen LogP contribution >= 0.6 is 0 Å². The molecule has 0 atom stereocenters. The Kier molecular flexibility index (Phi) is 3.18. The Morgan fingerprint density at radius 1 is 1.14 bits per heavy atom. The maximum Gasteiger partial charge on any atom is 0.122 e. The van der Waals surface area contributed by atoms with Crippen molar-refractivity contribution >= 4 is 11.4 Å². The molecule has 2 aromatic carbocycles. The molecule has 2 heterocycles. The molecule has 0 radical (unpaired) electrons. The summed E-state index contributed by atoms with van der Waals surface area (Å²) in [6, 6.07) is 15.2. The monoisotopic (exact) mass is 280 g/mol. The van der Waals surface area contributed by atoms with Gasteiger partial charge in [-0.3, -0.25) is 0 Å². The lowest BCUT2D eigenvalue weighted by Gasteiger charge is -2.32. The molecule has 0 bridgehead atoms. The van der Waals surface area contributed by atoms with Crippen molar-refractivity contribution < 1.29 is 4.74 Å². The van der Waals surface area contributed by atoms with E-state index in [1.54, 1.807) is 0 Å². The van der Waals surface area contributed by atoms with Gasteiger partial charge in [0.05, 0.1) is 18.0 Å². The minimum atomic E-state index is 0.837. The topological polar surface area (TPSA) is 24.5 Å². The molecule has 0 saturated heterocycles. The van der Waals surface area contributed by atoms with Crippen LogP contribution in [0.1, 0.15) is 11.1 Å². The van der Waals surface area contributed by atoms with Gasteiger partial charge in [0.2, 0.25) is 0 Å². The van der Waals surface area contributed by atoms with Crippen LogP contribution in [0.4, 0.5) is 11.4 Å². The predicted molar refractivity (Wildman–Crippen MR) is 86.5 cm³/mol. The lowest BCUT2D eigenvalue weighted by molar-refractivity contribution is 0.357. The number of nitrogens with one attached hydrogen (secondary N) is 1. The maximum atomic E-state index is 5.58. The molecule has 0 aliphatic carbocycles. The predicted octanol–water partition coefficient (Wildman–Crippen LogP) is 3.10. The summed E-state index contributed by atoms with van der Waals surface area (Å²) in [5.74, 6) is 1.08. The van der Waals surface area contributed by atoms with Gasteiger partial charge in [0.15, 0.2) is 0 Å². The quantitative estimate of drug-likeness (QED) is 0.935. The smallest absolute Gasteiger partial charge is 0.122 e. The maximum absolute atomic E-state index is 5.58. The number of hydrogen-bond acceptors (Lipinski definition) is 3. The minimum Gasteiger partial charge on any atom is -0.493 e. The fourth-order valence-corrected chi connectivity index (χ4v) is 3.24. The number of anilines is 2. The van der Waals surface area contributed by atoms with Crippen LogP contribution in [0.25, 0.3) is 0 Å². The van der Waals surface area contributed by atoms with Crippen molar-refractivity contribution in [3.8, 4) is 5.75 Å². The summed E-state index contributed by atoms with van der Waals surface area (Å²) in [7, 11) is 0. The SMILES string of the molecule is c1ccc2c(c1)NCCN2CCc1ccc2c(c1)CCO2. The van der Waals surface area contributed by atoms with E-state index in [4.69, 9.17) is 4.74 Å². The molecule has 3 nitrogen and oxygen atoms in total. The second kappa shape index (κ2) is 5.32. The van der Waals surface area contributed by atoms with Crippen LogP contribution in [-0.4, -0.2) is 26.2 Å². The van der Waals surface area contributed by atoms with E-state index in [1.807, 2.05) is 0 Å². The minimum absolute atomic E-state index is 0.837. The first-order chi connectivity index (χ1) is 10.4. The van der Waals surface area contributed by atoms with Gasteiger partial charge in [0, 0.05) is 26.1 Å². The standard InChI is InChI=1S/C18H20N2O/c1-2-4-17-16(3-1)19-9-11-20(17)10-7-14-5-6-18-15(13-14)8-12-21-18/h1-6,13,19H,7-12H2. The second-order valence-electron chi connectivity index (χ2n) is 5.72. The van der Waals surface area contributed by atoms with Crippen LogP contribution in [0.5, 0.6) is 5.75 Å². The van der Waals surface area contributed by atoms with Gasteiger partial charge in [-0.1, -0.05) is 24.3 Å². The zero-order valence-electron chi connectivity index (χ0n) is 12.1. The summed E-state index contributed by atoms with van der Waals surface area (Å²) in [6.45, 7) is 4.00. The van der Waals surface area contributed by atoms with Gasteiger partial charge in [-0.25, -0.2) is 0 Å². The molecule has 3 heteroatoms. The summed E-state index contributed by atoms with van der Waals surface area (Å²) >= 11 is 0. The van der Waals surface area contributed by atoms with E-state index in [2.05, 4.69) is 52.7 Å². The van der Waals surface area contributed by atoms with E-state index in [0.29, 0.717) is 0 Å². The highest BCUT2D eigenvalue weighted by molar-refractivity contribution is 5.71. The van der Waals surface area contributed by atoms with Crippen molar-refractivity contribution in [2.24, 2.45) is 0 Å². The summed E-state index contributed by atoms with van der Waals surface area (Å²) in [5, 5.41) is 3.47. The molecule has 0 unspecified atom stereocenters. The largest absolute Gasteiger partial charge is 0.493 e. The molecule has 108 valence electrons. The first-order valence-corrected chi connectivity index (χ1v) is 7.72. The third-order valence-electron chi connectivity index (χ3n) is 4.37. The van der Waals surface area contributed by atoms with E-state index >= 15 is 0 Å². The van der Waals surface area contributed by atoms with Crippen LogP contribution in [-0.2, 0) is 12.8 Å². The normalized spacial score (nSPS) is 15.9. The zero-order chi connectivity index (χ0) is 14.1. The average molecular weight is 280 g/mol. The van der Waals surface area contributed by atoms with Crippen molar-refractivity contribution in [1.29, 1.82) is 0 Å². The van der Waals surface area contributed by atoms with Crippen LogP contribution in [0, 0.1) is 0 Å². The van der Waals surface area contributed by atoms with Crippen LogP contribution < -0.4 is 15.0 Å². The molecule has 0 spiro atoms. The third kappa shape index (κ3) is 2.44. The van der Waals surface area contributed by atoms with Crippen molar-refractivity contribution in [2.75, 3.05) is 36.5 Å². The zero-order valence-corrected chi connectivity index (χ0v) is 12.1. The van der Waals surface area contributed by atoms with Crippen molar-refractivity contribution in [3.63, 3.8) is 0 Å². The molecule has 2 aliphatic heterocycles. The van der Waals surface area contributed by atoms with E-state index in [-0.39, 0.29) is 0 Å². The first kappa shape index (κ1) is 12.6. The number of hydrogen-bond donors (Lipinski definition) is 1. The summed E-state index contributed by atoms with van der Waals surface area (Å²) in [5.41, 5.74) is 5.36. The number of ether oxygens (including phenoxy) is 1. The summed E-state index contributed by atoms with van der Waals surface area (Å²) in [6.07, 6.45) is 2.14. The Labute approximate surface area is 125 Å². The van der Waals surface area contributed by atoms with E-state index in [1.165, 1.54) is 22.5 Å². The van der Waals surface area contributed by atoms with E-state index in [0.717, 1.165) is 44.8 Å². The number of fused-ring (bicyclic) bond motifs is 2. The first-order valence-electron chi connectivity index (χ1n) is 7.72. The fourth-order valence-electron chi connectivity index (χ4n) is 3.24. The average Bonchev–Trinajstić information content (AvgIpc) is 3.00. The molecule has 0 fully saturated rings. The van der Waals surface area contributed by atoms with Crippen LogP contribution in [0.3, 0.4) is 0 Å². The number of para-hydroxylation sites is 2. The Morgan fingerprint density at radius 2 is 2.10 bits per heavy atom. The number of nitrogens with zero attached hydrogens (tertiary/aromatic N) is 1. The van der Waals surface area contributed by atoms with Gasteiger partial charge in [-0.15, -0.1) is 0 Å². The Bertz CT molecular complexity index is 653. The highest BCUT2D eigenvalue weighted by atomic mass is 16.5. The molecule has 0 saturated carbocycles. The second-order valence-corrected chi connectivity index (χ2v) is 5.72. The molecule has 2 aliphatic rings. The van der Waals surface area contributed by atoms with Gasteiger partial charge in [0.25, 0.3) is 0 Å². The third-order valence-corrected chi connectivity index (χ3v) is 4.37. The lowest BCUT2D eigenvalue weighted by atomic mass is 10.1. The molecule has 0 amide bonds. The summed E-state index contributed by atoms with van der Waals surface area (Å²) < 4.78 is 5.58. The molecule has 2 aromatic rings. The Hall–Kier alpha value is -2.16. The Balaban J connectivity index is 1.48. The van der Waals surface area contributed by atoms with E-state index < -0.39 is 0 Å². The molecule has 0 aromatic heterocycles. The van der Waals surface area contributed by atoms with E-state index in [9.17, 15) is 0 Å². The molecule has 21 heavy (non-hydrogen) atoms. The molecule has 4 rings (SSSR count). The van der Waals surface area contributed by atoms with Gasteiger partial charge >= 0.3 is 0 Å². The lowest BCUT2D eigenvalue weighted by Crippen LogP contribution is -2.35. The van der Waals surface area contributed by atoms with Gasteiger partial charge in [-0.2, -0.15) is 0 Å². The highest BCUT2D eigenvalue weighted by Crippen LogP contribution is 2.29. The molecule has 1 N–H and O–H groups in total. The number of benzene rings is 2. The van der Waals surface area contributed by atoms with Gasteiger partial charge < -0.3 is 15.0 Å². The highest BCUT2D eigenvalue weighted by Gasteiger charge is 2.16. The van der Waals surface area contributed by atoms with Crippen molar-refractivity contribution in [3.05, 3.63) is 53.6 Å². The Morgan fingerprint density at radius 3 is 3.10 bits per heavy atom. The van der Waals surface area contributed by atoms with Gasteiger partial charge in [-0.05, 0) is 35.7 Å². The number of rotatable bonds is 3. The summed E-state index contributed by atoms with van der Waals surface area (Å²) in [4.78, 5) is 2.48. The molecular weight excluding hydrogens is 260 g/mol. The van der Waals surface area contributed by atoms with Crippen molar-refractivity contribution in [1.82, 2.24) is 0 Å². The van der Waals surface area contributed by atoms with Crippen LogP contribution in [0.2, 0.25) is 0 Å². The fraction of sp³-hybridized carbons (Fsp3) is 0.333.